The van der Waals surface area contributed by atoms with E-state index in [1.807, 2.05) is 43.3 Å². The molecule has 0 saturated carbocycles. The number of rotatable bonds is 3. The van der Waals surface area contributed by atoms with E-state index in [0.29, 0.717) is 5.02 Å². The van der Waals surface area contributed by atoms with E-state index in [1.54, 1.807) is 6.20 Å². The number of aromatic nitrogens is 3. The van der Waals surface area contributed by atoms with Crippen molar-refractivity contribution < 1.29 is 0 Å². The van der Waals surface area contributed by atoms with Gasteiger partial charge in [0.25, 0.3) is 0 Å². The zero-order chi connectivity index (χ0) is 17.2. The average molecular weight is 354 g/mol. The average Bonchev–Trinajstić information content (AvgIpc) is 2.64. The third-order valence-electron chi connectivity index (χ3n) is 4.57. The van der Waals surface area contributed by atoms with Gasteiger partial charge in [-0.15, -0.1) is 0 Å². The number of para-hydroxylation sites is 2. The van der Waals surface area contributed by atoms with Gasteiger partial charge in [-0.2, -0.15) is 0 Å². The topological polar surface area (TPSA) is 45.2 Å². The summed E-state index contributed by atoms with van der Waals surface area (Å²) in [6.07, 6.45) is 1.71. The predicted octanol–water partition coefficient (Wildman–Crippen LogP) is 3.31. The van der Waals surface area contributed by atoms with Gasteiger partial charge in [-0.3, -0.25) is 9.88 Å². The maximum Gasteiger partial charge on any atom is 0.150 e. The van der Waals surface area contributed by atoms with Crippen LogP contribution < -0.4 is 4.90 Å². The summed E-state index contributed by atoms with van der Waals surface area (Å²) in [6, 6.07) is 11.9. The molecular formula is C19H20ClN5. The molecule has 0 N–H and O–H groups in total. The Kier molecular flexibility index (Phi) is 4.51. The second-order valence-corrected chi connectivity index (χ2v) is 6.79. The van der Waals surface area contributed by atoms with Crippen molar-refractivity contribution in [1.82, 2.24) is 19.9 Å². The van der Waals surface area contributed by atoms with E-state index < -0.39 is 0 Å². The predicted molar refractivity (Wildman–Crippen MR) is 101 cm³/mol. The van der Waals surface area contributed by atoms with Crippen molar-refractivity contribution >= 4 is 28.5 Å². The number of hydrogen-bond donors (Lipinski definition) is 0. The second kappa shape index (κ2) is 6.94. The maximum absolute atomic E-state index is 5.90. The van der Waals surface area contributed by atoms with Crippen molar-refractivity contribution in [2.24, 2.45) is 0 Å². The van der Waals surface area contributed by atoms with Crippen LogP contribution >= 0.6 is 11.6 Å². The van der Waals surface area contributed by atoms with Gasteiger partial charge >= 0.3 is 0 Å². The zero-order valence-electron chi connectivity index (χ0n) is 14.2. The number of nitrogens with zero attached hydrogens (tertiary/aromatic N) is 5. The second-order valence-electron chi connectivity index (χ2n) is 6.35. The quantitative estimate of drug-likeness (QED) is 0.722. The lowest BCUT2D eigenvalue weighted by Crippen LogP contribution is -2.46. The molecule has 1 aliphatic rings. The molecule has 1 aromatic carbocycles. The van der Waals surface area contributed by atoms with Crippen molar-refractivity contribution in [1.29, 1.82) is 0 Å². The van der Waals surface area contributed by atoms with Crippen LogP contribution in [0.3, 0.4) is 0 Å². The van der Waals surface area contributed by atoms with Gasteiger partial charge in [0, 0.05) is 38.9 Å². The highest BCUT2D eigenvalue weighted by Crippen LogP contribution is 2.21. The largest absolute Gasteiger partial charge is 0.353 e. The molecule has 4 rings (SSSR count). The highest BCUT2D eigenvalue weighted by atomic mass is 35.5. The summed E-state index contributed by atoms with van der Waals surface area (Å²) >= 11 is 5.90. The van der Waals surface area contributed by atoms with Gasteiger partial charge in [-0.1, -0.05) is 23.7 Å². The zero-order valence-corrected chi connectivity index (χ0v) is 14.9. The Labute approximate surface area is 152 Å². The van der Waals surface area contributed by atoms with Crippen LogP contribution in [0, 0.1) is 6.92 Å². The van der Waals surface area contributed by atoms with Gasteiger partial charge in [-0.05, 0) is 31.2 Å². The van der Waals surface area contributed by atoms with Crippen LogP contribution in [0.15, 0.2) is 42.6 Å². The molecule has 5 nitrogen and oxygen atoms in total. The van der Waals surface area contributed by atoms with Crippen LogP contribution in [0.5, 0.6) is 0 Å². The van der Waals surface area contributed by atoms with Gasteiger partial charge in [0.1, 0.15) is 0 Å². The van der Waals surface area contributed by atoms with Crippen LogP contribution in [0.1, 0.15) is 11.4 Å². The number of aryl methyl sites for hydroxylation is 1. The van der Waals surface area contributed by atoms with Crippen molar-refractivity contribution in [3.63, 3.8) is 0 Å². The van der Waals surface area contributed by atoms with Crippen molar-refractivity contribution in [2.75, 3.05) is 31.1 Å². The summed E-state index contributed by atoms with van der Waals surface area (Å²) in [6.45, 7) is 6.76. The summed E-state index contributed by atoms with van der Waals surface area (Å²) in [5, 5.41) is 0.680. The summed E-state index contributed by atoms with van der Waals surface area (Å²) in [5.74, 6) is 1.00. The third-order valence-corrected chi connectivity index (χ3v) is 4.79. The molecule has 3 heterocycles. The number of hydrogen-bond acceptors (Lipinski definition) is 5. The summed E-state index contributed by atoms with van der Waals surface area (Å²) in [7, 11) is 0. The third kappa shape index (κ3) is 3.57. The van der Waals surface area contributed by atoms with E-state index in [2.05, 4.69) is 14.8 Å². The fourth-order valence-corrected chi connectivity index (χ4v) is 3.34. The molecule has 1 aliphatic heterocycles. The van der Waals surface area contributed by atoms with Crippen LogP contribution in [-0.4, -0.2) is 46.0 Å². The fraction of sp³-hybridized carbons (Fsp3) is 0.316. The van der Waals surface area contributed by atoms with Crippen molar-refractivity contribution in [3.05, 3.63) is 59.0 Å². The minimum atomic E-state index is 0.680. The van der Waals surface area contributed by atoms with E-state index in [1.165, 1.54) is 0 Å². The molecule has 2 aromatic heterocycles. The lowest BCUT2D eigenvalue weighted by Gasteiger charge is -2.35. The normalized spacial score (nSPS) is 15.7. The van der Waals surface area contributed by atoms with E-state index in [-0.39, 0.29) is 0 Å². The minimum absolute atomic E-state index is 0.680. The molecule has 0 atom stereocenters. The Hall–Kier alpha value is -2.24. The molecule has 128 valence electrons. The van der Waals surface area contributed by atoms with E-state index in [4.69, 9.17) is 21.6 Å². The molecule has 6 heteroatoms. The van der Waals surface area contributed by atoms with Crippen molar-refractivity contribution in [2.45, 2.75) is 13.5 Å². The number of pyridine rings is 1. The minimum Gasteiger partial charge on any atom is -0.353 e. The first-order valence-electron chi connectivity index (χ1n) is 8.50. The van der Waals surface area contributed by atoms with Gasteiger partial charge in [0.05, 0.1) is 27.4 Å². The smallest absolute Gasteiger partial charge is 0.150 e. The van der Waals surface area contributed by atoms with Gasteiger partial charge in [0.2, 0.25) is 0 Å². The van der Waals surface area contributed by atoms with E-state index in [0.717, 1.165) is 61.0 Å². The molecule has 0 unspecified atom stereocenters. The van der Waals surface area contributed by atoms with Crippen LogP contribution in [-0.2, 0) is 6.54 Å². The van der Waals surface area contributed by atoms with Crippen LogP contribution in [0.4, 0.5) is 5.82 Å². The number of fused-ring (bicyclic) bond motifs is 1. The molecule has 0 spiro atoms. The Morgan fingerprint density at radius 1 is 0.960 bits per heavy atom. The standard InChI is InChI=1S/C19H20ClN5/c1-14-19(23-18-5-3-2-4-17(18)22-14)25-10-8-24(9-11-25)13-16-7-6-15(20)12-21-16/h2-7,12H,8-11,13H2,1H3. The first-order valence-corrected chi connectivity index (χ1v) is 8.88. The SMILES string of the molecule is Cc1nc2ccccc2nc1N1CCN(Cc2ccc(Cl)cn2)CC1. The molecule has 0 radical (unpaired) electrons. The van der Waals surface area contributed by atoms with Gasteiger partial charge in [0.15, 0.2) is 5.82 Å². The molecule has 25 heavy (non-hydrogen) atoms. The maximum atomic E-state index is 5.90. The first kappa shape index (κ1) is 16.2. The molecule has 1 saturated heterocycles. The molecule has 1 fully saturated rings. The molecular weight excluding hydrogens is 334 g/mol. The van der Waals surface area contributed by atoms with Gasteiger partial charge < -0.3 is 4.90 Å². The van der Waals surface area contributed by atoms with Crippen molar-refractivity contribution in [3.8, 4) is 0 Å². The highest BCUT2D eigenvalue weighted by molar-refractivity contribution is 6.30. The summed E-state index contributed by atoms with van der Waals surface area (Å²) in [4.78, 5) is 18.7. The Bertz CT molecular complexity index is 873. The Morgan fingerprint density at radius 2 is 1.68 bits per heavy atom. The lowest BCUT2D eigenvalue weighted by molar-refractivity contribution is 0.246. The number of anilines is 1. The highest BCUT2D eigenvalue weighted by Gasteiger charge is 2.20. The number of halogens is 1. The van der Waals surface area contributed by atoms with Crippen LogP contribution in [0.25, 0.3) is 11.0 Å². The van der Waals surface area contributed by atoms with Crippen LogP contribution in [0.2, 0.25) is 5.02 Å². The number of benzene rings is 1. The summed E-state index contributed by atoms with van der Waals surface area (Å²) < 4.78 is 0. The first-order chi connectivity index (χ1) is 12.2. The molecule has 3 aromatic rings. The Balaban J connectivity index is 1.45. The molecule has 0 bridgehead atoms. The fourth-order valence-electron chi connectivity index (χ4n) is 3.23. The number of piperazine rings is 1. The lowest BCUT2D eigenvalue weighted by atomic mass is 10.2. The Morgan fingerprint density at radius 3 is 2.36 bits per heavy atom. The van der Waals surface area contributed by atoms with E-state index in [9.17, 15) is 0 Å². The summed E-state index contributed by atoms with van der Waals surface area (Å²) in [5.41, 5.74) is 3.96. The van der Waals surface area contributed by atoms with E-state index >= 15 is 0 Å². The van der Waals surface area contributed by atoms with Gasteiger partial charge in [-0.25, -0.2) is 9.97 Å². The molecule has 0 amide bonds. The molecule has 0 aliphatic carbocycles. The monoisotopic (exact) mass is 353 g/mol.